The van der Waals surface area contributed by atoms with Crippen LogP contribution >= 0.6 is 11.3 Å². The molecule has 0 aliphatic carbocycles. The first-order chi connectivity index (χ1) is 12.6. The van der Waals surface area contributed by atoms with E-state index in [1.165, 1.54) is 43.0 Å². The fraction of sp³-hybridized carbons (Fsp3) is 0.389. The summed E-state index contributed by atoms with van der Waals surface area (Å²) >= 11 is 1.68. The van der Waals surface area contributed by atoms with Crippen molar-refractivity contribution in [1.29, 1.82) is 0 Å². The maximum atomic E-state index is 12.5. The number of rotatable bonds is 7. The minimum atomic E-state index is -0.547. The lowest BCUT2D eigenvalue weighted by Crippen LogP contribution is -2.36. The monoisotopic (exact) mass is 375 g/mol. The second-order valence-corrected chi connectivity index (χ2v) is 7.11. The van der Waals surface area contributed by atoms with Crippen LogP contribution in [0.4, 0.5) is 5.69 Å². The van der Waals surface area contributed by atoms with E-state index in [1.54, 1.807) is 11.3 Å². The molecule has 8 heteroatoms. The third kappa shape index (κ3) is 4.03. The average Bonchev–Trinajstić information content (AvgIpc) is 3.35. The van der Waals surface area contributed by atoms with Gasteiger partial charge >= 0.3 is 5.69 Å². The quantitative estimate of drug-likeness (QED) is 0.593. The maximum Gasteiger partial charge on any atom is 0.311 e. The number of carbonyl (C=O) groups is 1. The molecule has 1 aliphatic rings. The Hall–Kier alpha value is -2.45. The molecule has 1 N–H and O–H groups in total. The Morgan fingerprint density at radius 1 is 1.38 bits per heavy atom. The highest BCUT2D eigenvalue weighted by Gasteiger charge is 2.25. The molecule has 2 aromatic rings. The van der Waals surface area contributed by atoms with E-state index < -0.39 is 4.92 Å². The topological polar surface area (TPSA) is 84.7 Å². The number of ether oxygens (including phenoxy) is 1. The number of thiophene rings is 1. The predicted molar refractivity (Wildman–Crippen MR) is 99.8 cm³/mol. The summed E-state index contributed by atoms with van der Waals surface area (Å²) in [6, 6.07) is 8.47. The highest BCUT2D eigenvalue weighted by molar-refractivity contribution is 7.10. The molecule has 3 rings (SSSR count). The Bertz CT molecular complexity index is 773. The van der Waals surface area contributed by atoms with E-state index in [1.807, 2.05) is 11.4 Å². The molecule has 1 amide bonds. The molecule has 0 spiro atoms. The molecule has 1 aromatic heterocycles. The van der Waals surface area contributed by atoms with E-state index in [0.29, 0.717) is 6.54 Å². The Balaban J connectivity index is 1.72. The van der Waals surface area contributed by atoms with Crippen molar-refractivity contribution in [2.45, 2.75) is 18.9 Å². The van der Waals surface area contributed by atoms with Crippen LogP contribution in [0, 0.1) is 10.1 Å². The zero-order chi connectivity index (χ0) is 18.5. The summed E-state index contributed by atoms with van der Waals surface area (Å²) in [4.78, 5) is 26.7. The number of carbonyl (C=O) groups excluding carboxylic acids is 1. The first-order valence-corrected chi connectivity index (χ1v) is 9.36. The smallest absolute Gasteiger partial charge is 0.311 e. The summed E-state index contributed by atoms with van der Waals surface area (Å²) < 4.78 is 4.98. The molecule has 2 heterocycles. The zero-order valence-electron chi connectivity index (χ0n) is 14.5. The summed E-state index contributed by atoms with van der Waals surface area (Å²) in [6.07, 6.45) is 2.33. The van der Waals surface area contributed by atoms with Gasteiger partial charge in [0.2, 0.25) is 0 Å². The normalized spacial score (nSPS) is 15.6. The minimum Gasteiger partial charge on any atom is -0.490 e. The fourth-order valence-corrected chi connectivity index (χ4v) is 4.07. The zero-order valence-corrected chi connectivity index (χ0v) is 15.3. The number of hydrogen-bond donors (Lipinski definition) is 1. The highest BCUT2D eigenvalue weighted by atomic mass is 32.1. The van der Waals surface area contributed by atoms with Crippen molar-refractivity contribution in [3.8, 4) is 5.75 Å². The van der Waals surface area contributed by atoms with Gasteiger partial charge in [-0.15, -0.1) is 11.3 Å². The summed E-state index contributed by atoms with van der Waals surface area (Å²) in [5.41, 5.74) is 0.0401. The molecule has 0 unspecified atom stereocenters. The molecular formula is C18H21N3O4S. The Kier molecular flexibility index (Phi) is 5.85. The van der Waals surface area contributed by atoms with Gasteiger partial charge in [-0.1, -0.05) is 6.07 Å². The van der Waals surface area contributed by atoms with Gasteiger partial charge in [-0.2, -0.15) is 0 Å². The van der Waals surface area contributed by atoms with Crippen LogP contribution in [0.1, 0.15) is 34.1 Å². The Labute approximate surface area is 155 Å². The number of nitro groups is 1. The van der Waals surface area contributed by atoms with E-state index >= 15 is 0 Å². The number of nitrogens with zero attached hydrogens (tertiary/aromatic N) is 2. The van der Waals surface area contributed by atoms with Crippen LogP contribution in [0.2, 0.25) is 0 Å². The van der Waals surface area contributed by atoms with Gasteiger partial charge in [-0.05, 0) is 49.5 Å². The summed E-state index contributed by atoms with van der Waals surface area (Å²) in [5, 5.41) is 16.1. The second-order valence-electron chi connectivity index (χ2n) is 6.13. The van der Waals surface area contributed by atoms with Crippen molar-refractivity contribution in [3.05, 3.63) is 56.3 Å². The van der Waals surface area contributed by atoms with Gasteiger partial charge in [0, 0.05) is 23.1 Å². The van der Waals surface area contributed by atoms with E-state index in [-0.39, 0.29) is 28.9 Å². The summed E-state index contributed by atoms with van der Waals surface area (Å²) in [6.45, 7) is 2.51. The first kappa shape index (κ1) is 18.3. The van der Waals surface area contributed by atoms with E-state index in [2.05, 4.69) is 16.3 Å². The second kappa shape index (κ2) is 8.29. The van der Waals surface area contributed by atoms with Gasteiger partial charge in [0.1, 0.15) is 0 Å². The van der Waals surface area contributed by atoms with Crippen LogP contribution in [-0.2, 0) is 0 Å². The van der Waals surface area contributed by atoms with Crippen LogP contribution in [0.5, 0.6) is 5.75 Å². The minimum absolute atomic E-state index is 0.134. The number of hydrogen-bond acceptors (Lipinski definition) is 6. The van der Waals surface area contributed by atoms with Crippen LogP contribution in [0.25, 0.3) is 0 Å². The molecule has 1 aromatic carbocycles. The van der Waals surface area contributed by atoms with Gasteiger partial charge in [0.15, 0.2) is 5.75 Å². The lowest BCUT2D eigenvalue weighted by atomic mass is 10.1. The van der Waals surface area contributed by atoms with Gasteiger partial charge < -0.3 is 10.1 Å². The molecule has 1 atom stereocenters. The third-order valence-electron chi connectivity index (χ3n) is 4.55. The molecular weight excluding hydrogens is 354 g/mol. The molecule has 0 radical (unpaired) electrons. The van der Waals surface area contributed by atoms with Crippen molar-refractivity contribution >= 4 is 22.9 Å². The van der Waals surface area contributed by atoms with Crippen molar-refractivity contribution in [3.63, 3.8) is 0 Å². The van der Waals surface area contributed by atoms with Crippen molar-refractivity contribution in [2.75, 3.05) is 26.7 Å². The molecule has 1 fully saturated rings. The molecule has 0 bridgehead atoms. The molecule has 26 heavy (non-hydrogen) atoms. The standard InChI is InChI=1S/C18H21N3O4S/c1-25-16-7-6-13(11-14(16)21(23)24)18(22)19-12-15(17-5-4-10-26-17)20-8-2-3-9-20/h4-7,10-11,15H,2-3,8-9,12H2,1H3,(H,19,22)/t15-/m0/s1. The van der Waals surface area contributed by atoms with Gasteiger partial charge in [-0.25, -0.2) is 0 Å². The number of likely N-dealkylation sites (tertiary alicyclic amines) is 1. The molecule has 1 saturated heterocycles. The van der Waals surface area contributed by atoms with Gasteiger partial charge in [0.25, 0.3) is 5.91 Å². The van der Waals surface area contributed by atoms with Crippen molar-refractivity contribution < 1.29 is 14.5 Å². The van der Waals surface area contributed by atoms with Crippen LogP contribution in [-0.4, -0.2) is 42.5 Å². The Morgan fingerprint density at radius 2 is 2.15 bits per heavy atom. The summed E-state index contributed by atoms with van der Waals surface area (Å²) in [5.74, 6) is -0.184. The van der Waals surface area contributed by atoms with Crippen LogP contribution in [0.3, 0.4) is 0 Å². The number of nitrogens with one attached hydrogen (secondary N) is 1. The van der Waals surface area contributed by atoms with E-state index in [4.69, 9.17) is 4.74 Å². The maximum absolute atomic E-state index is 12.5. The van der Waals surface area contributed by atoms with Gasteiger partial charge in [-0.3, -0.25) is 19.8 Å². The largest absolute Gasteiger partial charge is 0.490 e. The lowest BCUT2D eigenvalue weighted by Gasteiger charge is -2.26. The Morgan fingerprint density at radius 3 is 2.77 bits per heavy atom. The first-order valence-electron chi connectivity index (χ1n) is 8.48. The number of methoxy groups -OCH3 is 1. The van der Waals surface area contributed by atoms with Crippen LogP contribution < -0.4 is 10.1 Å². The number of nitro benzene ring substituents is 1. The molecule has 138 valence electrons. The molecule has 0 saturated carbocycles. The van der Waals surface area contributed by atoms with Crippen molar-refractivity contribution in [2.24, 2.45) is 0 Å². The third-order valence-corrected chi connectivity index (χ3v) is 5.52. The SMILES string of the molecule is COc1ccc(C(=O)NC[C@@H](c2cccs2)N2CCCC2)cc1[N+](=O)[O-]. The lowest BCUT2D eigenvalue weighted by molar-refractivity contribution is -0.385. The summed E-state index contributed by atoms with van der Waals surface area (Å²) in [7, 11) is 1.36. The van der Waals surface area contributed by atoms with Gasteiger partial charge in [0.05, 0.1) is 18.1 Å². The van der Waals surface area contributed by atoms with Crippen molar-refractivity contribution in [1.82, 2.24) is 10.2 Å². The molecule has 1 aliphatic heterocycles. The van der Waals surface area contributed by atoms with E-state index in [9.17, 15) is 14.9 Å². The average molecular weight is 375 g/mol. The highest BCUT2D eigenvalue weighted by Crippen LogP contribution is 2.29. The molecule has 7 nitrogen and oxygen atoms in total. The number of amides is 1. The predicted octanol–water partition coefficient (Wildman–Crippen LogP) is 3.23. The fourth-order valence-electron chi connectivity index (χ4n) is 3.21. The van der Waals surface area contributed by atoms with Crippen LogP contribution in [0.15, 0.2) is 35.7 Å². The van der Waals surface area contributed by atoms with E-state index in [0.717, 1.165) is 13.1 Å². The number of benzene rings is 1.